The fraction of sp³-hybridized carbons (Fsp3) is 0.462. The maximum atomic E-state index is 12.4. The summed E-state index contributed by atoms with van der Waals surface area (Å²) in [4.78, 5) is 24.4. The highest BCUT2D eigenvalue weighted by Gasteiger charge is 2.30. The Morgan fingerprint density at radius 2 is 2.25 bits per heavy atom. The van der Waals surface area contributed by atoms with Gasteiger partial charge in [0.2, 0.25) is 0 Å². The zero-order chi connectivity index (χ0) is 14.9. The van der Waals surface area contributed by atoms with Gasteiger partial charge in [-0.15, -0.1) is 0 Å². The Kier molecular flexibility index (Phi) is 4.39. The number of halogens is 1. The number of likely N-dealkylation sites (tertiary alicyclic amines) is 1. The highest BCUT2D eigenvalue weighted by Crippen LogP contribution is 2.30. The van der Waals surface area contributed by atoms with Crippen molar-refractivity contribution in [2.75, 3.05) is 13.1 Å². The normalized spacial score (nSPS) is 22.6. The molecule has 0 saturated carbocycles. The van der Waals surface area contributed by atoms with Crippen LogP contribution in [0.2, 0.25) is 0 Å². The fourth-order valence-corrected chi connectivity index (χ4v) is 2.89. The molecule has 6 nitrogen and oxygen atoms in total. The third-order valence-corrected chi connectivity index (χ3v) is 4.39. The van der Waals surface area contributed by atoms with E-state index in [2.05, 4.69) is 15.9 Å². The second kappa shape index (κ2) is 5.88. The average molecular weight is 343 g/mol. The number of aliphatic hydroxyl groups excluding tert-OH is 1. The Morgan fingerprint density at radius 3 is 2.85 bits per heavy atom. The number of hydrogen-bond acceptors (Lipinski definition) is 4. The molecule has 0 spiro atoms. The minimum atomic E-state index is -0.524. The van der Waals surface area contributed by atoms with Crippen molar-refractivity contribution in [3.63, 3.8) is 0 Å². The zero-order valence-electron chi connectivity index (χ0n) is 11.0. The van der Waals surface area contributed by atoms with Gasteiger partial charge in [-0.05, 0) is 34.3 Å². The van der Waals surface area contributed by atoms with Crippen LogP contribution in [-0.4, -0.2) is 40.0 Å². The van der Waals surface area contributed by atoms with Gasteiger partial charge in [-0.3, -0.25) is 14.9 Å². The molecule has 1 N–H and O–H groups in total. The lowest BCUT2D eigenvalue weighted by Gasteiger charge is -2.34. The van der Waals surface area contributed by atoms with Crippen LogP contribution in [-0.2, 0) is 0 Å². The molecular formula is C13H15BrN2O4. The van der Waals surface area contributed by atoms with E-state index in [9.17, 15) is 20.0 Å². The first-order chi connectivity index (χ1) is 9.41. The second-order valence-corrected chi connectivity index (χ2v) is 5.77. The van der Waals surface area contributed by atoms with E-state index in [1.54, 1.807) is 11.0 Å². The van der Waals surface area contributed by atoms with E-state index in [0.717, 1.165) is 0 Å². The fourth-order valence-electron chi connectivity index (χ4n) is 2.31. The molecule has 2 unspecified atom stereocenters. The Morgan fingerprint density at radius 1 is 1.55 bits per heavy atom. The molecule has 20 heavy (non-hydrogen) atoms. The lowest BCUT2D eigenvalue weighted by atomic mass is 9.96. The highest BCUT2D eigenvalue weighted by atomic mass is 79.9. The summed E-state index contributed by atoms with van der Waals surface area (Å²) in [6.45, 7) is 2.79. The average Bonchev–Trinajstić information content (AvgIpc) is 2.41. The molecule has 1 fully saturated rings. The minimum Gasteiger partial charge on any atom is -0.393 e. The zero-order valence-corrected chi connectivity index (χ0v) is 12.5. The standard InChI is InChI=1S/C13H15BrN2O4/c1-8-7-15(6-5-11(8)17)13(18)9-3-2-4-10(12(9)14)16(19)20/h2-4,8,11,17H,5-7H2,1H3. The first-order valence-corrected chi connectivity index (χ1v) is 7.11. The van der Waals surface area contributed by atoms with E-state index >= 15 is 0 Å². The van der Waals surface area contributed by atoms with Crippen LogP contribution in [0.25, 0.3) is 0 Å². The van der Waals surface area contributed by atoms with E-state index in [1.807, 2.05) is 6.92 Å². The Hall–Kier alpha value is -1.47. The molecule has 1 saturated heterocycles. The first-order valence-electron chi connectivity index (χ1n) is 6.32. The molecule has 0 aromatic heterocycles. The third kappa shape index (κ3) is 2.83. The summed E-state index contributed by atoms with van der Waals surface area (Å²) in [5, 5.41) is 20.6. The molecule has 1 aliphatic heterocycles. The maximum Gasteiger partial charge on any atom is 0.284 e. The summed E-state index contributed by atoms with van der Waals surface area (Å²) in [5.41, 5.74) is 0.156. The van der Waals surface area contributed by atoms with Gasteiger partial charge < -0.3 is 10.0 Å². The Labute approximate surface area is 124 Å². The van der Waals surface area contributed by atoms with Crippen molar-refractivity contribution < 1.29 is 14.8 Å². The second-order valence-electron chi connectivity index (χ2n) is 4.98. The molecule has 1 aromatic carbocycles. The summed E-state index contributed by atoms with van der Waals surface area (Å²) < 4.78 is 0.203. The molecule has 7 heteroatoms. The summed E-state index contributed by atoms with van der Waals surface area (Å²) in [6.07, 6.45) is 0.131. The van der Waals surface area contributed by atoms with Crippen LogP contribution in [0.15, 0.2) is 22.7 Å². The van der Waals surface area contributed by atoms with Crippen LogP contribution < -0.4 is 0 Å². The van der Waals surface area contributed by atoms with Crippen LogP contribution in [0.1, 0.15) is 23.7 Å². The van der Waals surface area contributed by atoms with Crippen LogP contribution in [0.4, 0.5) is 5.69 Å². The van der Waals surface area contributed by atoms with Gasteiger partial charge >= 0.3 is 0 Å². The molecule has 1 aromatic rings. The Bertz CT molecular complexity index is 549. The van der Waals surface area contributed by atoms with Crippen molar-refractivity contribution in [1.29, 1.82) is 0 Å². The molecule has 1 amide bonds. The molecule has 0 bridgehead atoms. The van der Waals surface area contributed by atoms with Gasteiger partial charge in [-0.25, -0.2) is 0 Å². The van der Waals surface area contributed by atoms with Crippen molar-refractivity contribution in [1.82, 2.24) is 4.90 Å². The van der Waals surface area contributed by atoms with E-state index in [1.165, 1.54) is 12.1 Å². The van der Waals surface area contributed by atoms with Gasteiger partial charge in [0.15, 0.2) is 0 Å². The van der Waals surface area contributed by atoms with Crippen molar-refractivity contribution >= 4 is 27.5 Å². The molecular weight excluding hydrogens is 328 g/mol. The number of aliphatic hydroxyl groups is 1. The number of amides is 1. The number of nitro benzene ring substituents is 1. The van der Waals surface area contributed by atoms with Crippen LogP contribution in [0.5, 0.6) is 0 Å². The number of nitrogens with zero attached hydrogens (tertiary/aromatic N) is 2. The van der Waals surface area contributed by atoms with E-state index < -0.39 is 11.0 Å². The number of benzene rings is 1. The lowest BCUT2D eigenvalue weighted by Crippen LogP contribution is -2.45. The highest BCUT2D eigenvalue weighted by molar-refractivity contribution is 9.10. The number of hydrogen-bond donors (Lipinski definition) is 1. The topological polar surface area (TPSA) is 83.7 Å². The van der Waals surface area contributed by atoms with Gasteiger partial charge in [0.25, 0.3) is 11.6 Å². The monoisotopic (exact) mass is 342 g/mol. The van der Waals surface area contributed by atoms with Gasteiger partial charge in [0, 0.05) is 19.2 Å². The molecule has 0 radical (unpaired) electrons. The maximum absolute atomic E-state index is 12.4. The largest absolute Gasteiger partial charge is 0.393 e. The van der Waals surface area contributed by atoms with E-state index in [4.69, 9.17) is 0 Å². The number of rotatable bonds is 2. The summed E-state index contributed by atoms with van der Waals surface area (Å²) >= 11 is 3.14. The number of piperidine rings is 1. The molecule has 108 valence electrons. The summed E-state index contributed by atoms with van der Waals surface area (Å²) in [6, 6.07) is 4.41. The number of carbonyl (C=O) groups excluding carboxylic acids is 1. The predicted octanol–water partition coefficient (Wildman–Crippen LogP) is 2.20. The summed E-state index contributed by atoms with van der Waals surface area (Å²) in [5.74, 6) is -0.246. The lowest BCUT2D eigenvalue weighted by molar-refractivity contribution is -0.385. The SMILES string of the molecule is CC1CN(C(=O)c2cccc([N+](=O)[O-])c2Br)CCC1O. The van der Waals surface area contributed by atoms with Gasteiger partial charge in [-0.2, -0.15) is 0 Å². The predicted molar refractivity (Wildman–Crippen MR) is 76.5 cm³/mol. The van der Waals surface area contributed by atoms with Crippen LogP contribution >= 0.6 is 15.9 Å². The smallest absolute Gasteiger partial charge is 0.284 e. The summed E-state index contributed by atoms with van der Waals surface area (Å²) in [7, 11) is 0. The number of carbonyl (C=O) groups is 1. The van der Waals surface area contributed by atoms with Gasteiger partial charge in [0.05, 0.1) is 16.6 Å². The van der Waals surface area contributed by atoms with E-state index in [0.29, 0.717) is 19.5 Å². The third-order valence-electron chi connectivity index (χ3n) is 3.55. The quantitative estimate of drug-likeness (QED) is 0.659. The molecule has 2 rings (SSSR count). The molecule has 0 aliphatic carbocycles. The Balaban J connectivity index is 2.26. The van der Waals surface area contributed by atoms with Crippen molar-refractivity contribution in [2.45, 2.75) is 19.4 Å². The molecule has 2 atom stereocenters. The van der Waals surface area contributed by atoms with Crippen molar-refractivity contribution in [3.05, 3.63) is 38.3 Å². The first kappa shape index (κ1) is 14.9. The van der Waals surface area contributed by atoms with E-state index in [-0.39, 0.29) is 27.5 Å². The van der Waals surface area contributed by atoms with Gasteiger partial charge in [-0.1, -0.05) is 13.0 Å². The number of nitro groups is 1. The molecule has 1 heterocycles. The van der Waals surface area contributed by atoms with Crippen molar-refractivity contribution in [3.8, 4) is 0 Å². The van der Waals surface area contributed by atoms with Crippen LogP contribution in [0.3, 0.4) is 0 Å². The molecule has 1 aliphatic rings. The van der Waals surface area contributed by atoms with Crippen LogP contribution in [0, 0.1) is 16.0 Å². The van der Waals surface area contributed by atoms with Gasteiger partial charge in [0.1, 0.15) is 4.47 Å². The van der Waals surface area contributed by atoms with Crippen molar-refractivity contribution in [2.24, 2.45) is 5.92 Å². The minimum absolute atomic E-state index is 0.00479.